The maximum Gasteiger partial charge on any atom is 0.222 e. The van der Waals surface area contributed by atoms with Crippen molar-refractivity contribution in [3.8, 4) is 0 Å². The second kappa shape index (κ2) is 8.30. The van der Waals surface area contributed by atoms with Gasteiger partial charge >= 0.3 is 0 Å². The second-order valence-electron chi connectivity index (χ2n) is 7.71. The van der Waals surface area contributed by atoms with Crippen molar-refractivity contribution in [2.45, 2.75) is 53.0 Å². The summed E-state index contributed by atoms with van der Waals surface area (Å²) in [4.78, 5) is 19.4. The number of hydrogen-bond acceptors (Lipinski definition) is 3. The SMILES string of the molecule is CC(C)[C@H]1CCN(CCCC(=O)N2CCN(C(C)C)CC2)C1. The highest BCUT2D eigenvalue weighted by Gasteiger charge is 2.25. The summed E-state index contributed by atoms with van der Waals surface area (Å²) in [7, 11) is 0. The normalized spacial score (nSPS) is 24.6. The number of piperazine rings is 1. The molecule has 0 radical (unpaired) electrons. The van der Waals surface area contributed by atoms with Crippen molar-refractivity contribution in [3.05, 3.63) is 0 Å². The topological polar surface area (TPSA) is 26.8 Å². The van der Waals surface area contributed by atoms with Crippen LogP contribution in [-0.2, 0) is 4.79 Å². The van der Waals surface area contributed by atoms with Crippen LogP contribution in [0.15, 0.2) is 0 Å². The third-order valence-electron chi connectivity index (χ3n) is 5.51. The molecule has 0 unspecified atom stereocenters. The van der Waals surface area contributed by atoms with E-state index in [2.05, 4.69) is 42.4 Å². The number of nitrogens with zero attached hydrogens (tertiary/aromatic N) is 3. The first-order valence-corrected chi connectivity index (χ1v) is 9.21. The lowest BCUT2D eigenvalue weighted by Gasteiger charge is -2.37. The fourth-order valence-corrected chi connectivity index (χ4v) is 3.71. The Hall–Kier alpha value is -0.610. The van der Waals surface area contributed by atoms with Gasteiger partial charge in [-0.2, -0.15) is 0 Å². The molecular weight excluding hydrogens is 274 g/mol. The van der Waals surface area contributed by atoms with Gasteiger partial charge in [0.15, 0.2) is 0 Å². The fraction of sp³-hybridized carbons (Fsp3) is 0.944. The highest BCUT2D eigenvalue weighted by molar-refractivity contribution is 5.76. The van der Waals surface area contributed by atoms with Crippen molar-refractivity contribution in [2.24, 2.45) is 11.8 Å². The molecule has 4 nitrogen and oxygen atoms in total. The first-order chi connectivity index (χ1) is 10.5. The summed E-state index contributed by atoms with van der Waals surface area (Å²) in [6.45, 7) is 16.6. The molecule has 0 N–H and O–H groups in total. The second-order valence-corrected chi connectivity index (χ2v) is 7.71. The molecule has 2 fully saturated rings. The minimum atomic E-state index is 0.364. The van der Waals surface area contributed by atoms with Crippen molar-refractivity contribution in [3.63, 3.8) is 0 Å². The number of rotatable bonds is 6. The Bertz CT molecular complexity index is 348. The molecule has 2 saturated heterocycles. The van der Waals surface area contributed by atoms with E-state index in [4.69, 9.17) is 0 Å². The lowest BCUT2D eigenvalue weighted by atomic mass is 9.95. The Morgan fingerprint density at radius 2 is 1.73 bits per heavy atom. The lowest BCUT2D eigenvalue weighted by Crippen LogP contribution is -2.50. The highest BCUT2D eigenvalue weighted by atomic mass is 16.2. The van der Waals surface area contributed by atoms with Crippen molar-refractivity contribution in [2.75, 3.05) is 45.8 Å². The highest BCUT2D eigenvalue weighted by Crippen LogP contribution is 2.23. The number of amides is 1. The summed E-state index contributed by atoms with van der Waals surface area (Å²) in [6.07, 6.45) is 3.08. The number of carbonyl (C=O) groups excluding carboxylic acids is 1. The molecule has 0 aromatic rings. The van der Waals surface area contributed by atoms with Gasteiger partial charge in [0.05, 0.1) is 0 Å². The molecule has 2 aliphatic heterocycles. The predicted molar refractivity (Wildman–Crippen MR) is 91.9 cm³/mol. The molecule has 0 bridgehead atoms. The Labute approximate surface area is 136 Å². The third-order valence-corrected chi connectivity index (χ3v) is 5.51. The molecule has 2 rings (SSSR count). The Kier molecular flexibility index (Phi) is 6.69. The van der Waals surface area contributed by atoms with E-state index < -0.39 is 0 Å². The van der Waals surface area contributed by atoms with E-state index in [0.717, 1.165) is 57.4 Å². The van der Waals surface area contributed by atoms with Crippen LogP contribution in [0.2, 0.25) is 0 Å². The first-order valence-electron chi connectivity index (χ1n) is 9.21. The Balaban J connectivity index is 1.61. The van der Waals surface area contributed by atoms with Crippen molar-refractivity contribution in [1.29, 1.82) is 0 Å². The average molecular weight is 309 g/mol. The van der Waals surface area contributed by atoms with Gasteiger partial charge < -0.3 is 9.80 Å². The van der Waals surface area contributed by atoms with Crippen LogP contribution in [0.4, 0.5) is 0 Å². The van der Waals surface area contributed by atoms with Gasteiger partial charge in [0.1, 0.15) is 0 Å². The summed E-state index contributed by atoms with van der Waals surface area (Å²) in [5.41, 5.74) is 0. The zero-order valence-corrected chi connectivity index (χ0v) is 15.1. The zero-order valence-electron chi connectivity index (χ0n) is 15.1. The van der Waals surface area contributed by atoms with Gasteiger partial charge in [-0.05, 0) is 51.6 Å². The maximum absolute atomic E-state index is 12.3. The summed E-state index contributed by atoms with van der Waals surface area (Å²) in [5.74, 6) is 2.02. The van der Waals surface area contributed by atoms with E-state index in [9.17, 15) is 4.79 Å². The fourth-order valence-electron chi connectivity index (χ4n) is 3.71. The van der Waals surface area contributed by atoms with Gasteiger partial charge in [-0.25, -0.2) is 0 Å². The molecule has 1 atom stereocenters. The van der Waals surface area contributed by atoms with Crippen LogP contribution in [-0.4, -0.2) is 72.5 Å². The summed E-state index contributed by atoms with van der Waals surface area (Å²) in [5, 5.41) is 0. The van der Waals surface area contributed by atoms with Gasteiger partial charge in [0.2, 0.25) is 5.91 Å². The Morgan fingerprint density at radius 3 is 2.27 bits per heavy atom. The average Bonchev–Trinajstić information content (AvgIpc) is 2.96. The lowest BCUT2D eigenvalue weighted by molar-refractivity contribution is -0.133. The zero-order chi connectivity index (χ0) is 16.1. The number of hydrogen-bond donors (Lipinski definition) is 0. The molecule has 1 amide bonds. The van der Waals surface area contributed by atoms with Gasteiger partial charge in [0, 0.05) is 45.2 Å². The molecule has 128 valence electrons. The number of likely N-dealkylation sites (tertiary alicyclic amines) is 1. The van der Waals surface area contributed by atoms with E-state index in [1.165, 1.54) is 19.5 Å². The summed E-state index contributed by atoms with van der Waals surface area (Å²) >= 11 is 0. The van der Waals surface area contributed by atoms with Crippen molar-refractivity contribution in [1.82, 2.24) is 14.7 Å². The standard InChI is InChI=1S/C18H35N3O/c1-15(2)17-7-9-19(14-17)8-5-6-18(22)21-12-10-20(11-13-21)16(3)4/h15-17H,5-14H2,1-4H3/t17-/m0/s1. The minimum absolute atomic E-state index is 0.364. The molecule has 22 heavy (non-hydrogen) atoms. The summed E-state index contributed by atoms with van der Waals surface area (Å²) < 4.78 is 0. The summed E-state index contributed by atoms with van der Waals surface area (Å²) in [6, 6.07) is 0.598. The smallest absolute Gasteiger partial charge is 0.222 e. The molecule has 2 aliphatic rings. The molecule has 0 aromatic heterocycles. The first kappa shape index (κ1) is 17.7. The number of carbonyl (C=O) groups is 1. The minimum Gasteiger partial charge on any atom is -0.340 e. The molecule has 0 saturated carbocycles. The molecule has 0 spiro atoms. The predicted octanol–water partition coefficient (Wildman–Crippen LogP) is 2.30. The van der Waals surface area contributed by atoms with Gasteiger partial charge in [-0.15, -0.1) is 0 Å². The van der Waals surface area contributed by atoms with E-state index in [-0.39, 0.29) is 0 Å². The van der Waals surface area contributed by atoms with Crippen molar-refractivity contribution >= 4 is 5.91 Å². The van der Waals surface area contributed by atoms with E-state index in [1.54, 1.807) is 0 Å². The largest absolute Gasteiger partial charge is 0.340 e. The van der Waals surface area contributed by atoms with E-state index in [1.807, 2.05) is 0 Å². The van der Waals surface area contributed by atoms with Crippen LogP contribution in [0, 0.1) is 11.8 Å². The van der Waals surface area contributed by atoms with Gasteiger partial charge in [-0.1, -0.05) is 13.8 Å². The maximum atomic E-state index is 12.3. The molecule has 2 heterocycles. The molecular formula is C18H35N3O. The van der Waals surface area contributed by atoms with E-state index >= 15 is 0 Å². The molecule has 0 aliphatic carbocycles. The van der Waals surface area contributed by atoms with Crippen LogP contribution in [0.1, 0.15) is 47.0 Å². The van der Waals surface area contributed by atoms with E-state index in [0.29, 0.717) is 11.9 Å². The van der Waals surface area contributed by atoms with Crippen LogP contribution < -0.4 is 0 Å². The Morgan fingerprint density at radius 1 is 1.05 bits per heavy atom. The molecule has 4 heteroatoms. The van der Waals surface area contributed by atoms with Gasteiger partial charge in [0.25, 0.3) is 0 Å². The van der Waals surface area contributed by atoms with Gasteiger partial charge in [-0.3, -0.25) is 9.69 Å². The van der Waals surface area contributed by atoms with Crippen LogP contribution in [0.3, 0.4) is 0 Å². The van der Waals surface area contributed by atoms with Crippen LogP contribution >= 0.6 is 0 Å². The monoisotopic (exact) mass is 309 g/mol. The third kappa shape index (κ3) is 4.95. The molecule has 0 aromatic carbocycles. The quantitative estimate of drug-likeness (QED) is 0.753. The van der Waals surface area contributed by atoms with Crippen LogP contribution in [0.25, 0.3) is 0 Å². The van der Waals surface area contributed by atoms with Crippen molar-refractivity contribution < 1.29 is 4.79 Å². The van der Waals surface area contributed by atoms with Crippen LogP contribution in [0.5, 0.6) is 0 Å².